The first kappa shape index (κ1) is 7.99. The van der Waals surface area contributed by atoms with Crippen LogP contribution in [0.2, 0.25) is 0 Å². The summed E-state index contributed by atoms with van der Waals surface area (Å²) in [6, 6.07) is 0. The molecule has 0 N–H and O–H groups in total. The molecule has 0 unspecified atom stereocenters. The minimum absolute atomic E-state index is 0.601. The highest BCUT2D eigenvalue weighted by Gasteiger charge is 2.22. The van der Waals surface area contributed by atoms with Crippen LogP contribution in [-0.2, 0) is 4.74 Å². The number of alkyl halides is 1. The van der Waals surface area contributed by atoms with E-state index in [1.165, 1.54) is 33.1 Å². The highest BCUT2D eigenvalue weighted by molar-refractivity contribution is 4.69. The van der Waals surface area contributed by atoms with E-state index in [0.717, 1.165) is 0 Å². The van der Waals surface area contributed by atoms with Gasteiger partial charge in [-0.2, -0.15) is 0 Å². The third-order valence-electron chi connectivity index (χ3n) is 1.89. The van der Waals surface area contributed by atoms with Gasteiger partial charge in [0.15, 0.2) is 0 Å². The largest absolute Gasteiger partial charge is 0.346 e. The van der Waals surface area contributed by atoms with E-state index in [1.54, 1.807) is 0 Å². The number of hydrogen-bond acceptors (Lipinski definition) is 1. The molecule has 0 saturated heterocycles. The highest BCUT2D eigenvalue weighted by atomic mass is 19.2. The quantitative estimate of drug-likeness (QED) is 0.594. The van der Waals surface area contributed by atoms with Gasteiger partial charge < -0.3 is 4.74 Å². The Morgan fingerprint density at radius 3 is 2.40 bits per heavy atom. The molecule has 1 rings (SSSR count). The number of rotatable bonds is 3. The molecule has 1 aliphatic rings. The maximum atomic E-state index is 12.7. The monoisotopic (exact) mass is 146 g/mol. The molecular weight excluding hydrogens is 131 g/mol. The van der Waals surface area contributed by atoms with Gasteiger partial charge in [-0.15, -0.1) is 0 Å². The van der Waals surface area contributed by atoms with Crippen molar-refractivity contribution in [3.8, 4) is 0 Å². The maximum Gasteiger partial charge on any atom is 0.203 e. The van der Waals surface area contributed by atoms with Gasteiger partial charge in [0.1, 0.15) is 0 Å². The summed E-state index contributed by atoms with van der Waals surface area (Å²) in [5.74, 6) is -0.801. The summed E-state index contributed by atoms with van der Waals surface area (Å²) in [4.78, 5) is 0. The smallest absolute Gasteiger partial charge is 0.203 e. The van der Waals surface area contributed by atoms with Crippen LogP contribution in [0.15, 0.2) is 0 Å². The van der Waals surface area contributed by atoms with Gasteiger partial charge in [0.05, 0.1) is 6.61 Å². The molecule has 0 aliphatic heterocycles. The molecule has 0 heterocycles. The Morgan fingerprint density at radius 1 is 1.50 bits per heavy atom. The summed E-state index contributed by atoms with van der Waals surface area (Å²) in [5.41, 5.74) is 0. The van der Waals surface area contributed by atoms with E-state index in [0.29, 0.717) is 12.5 Å². The fourth-order valence-corrected chi connectivity index (χ4v) is 0.975. The molecule has 1 saturated carbocycles. The Bertz CT molecular complexity index is 102. The molecule has 1 nitrogen and oxygen atoms in total. The van der Waals surface area contributed by atoms with E-state index in [9.17, 15) is 4.39 Å². The van der Waals surface area contributed by atoms with Gasteiger partial charge in [-0.25, -0.2) is 4.39 Å². The van der Waals surface area contributed by atoms with Crippen molar-refractivity contribution in [1.29, 1.82) is 0 Å². The van der Waals surface area contributed by atoms with Crippen LogP contribution >= 0.6 is 0 Å². The second kappa shape index (κ2) is 2.87. The van der Waals surface area contributed by atoms with E-state index >= 15 is 0 Å². The summed E-state index contributed by atoms with van der Waals surface area (Å²) in [6.45, 7) is 3.50. The van der Waals surface area contributed by atoms with E-state index in [4.69, 9.17) is 4.74 Å². The zero-order valence-corrected chi connectivity index (χ0v) is 6.69. The van der Waals surface area contributed by atoms with Crippen LogP contribution in [0.4, 0.5) is 4.39 Å². The molecule has 0 aromatic heterocycles. The summed E-state index contributed by atoms with van der Waals surface area (Å²) in [6.07, 6.45) is 3.73. The Balaban J connectivity index is 2.04. The Labute approximate surface area is 61.6 Å². The molecule has 0 radical (unpaired) electrons. The molecule has 1 fully saturated rings. The minimum atomic E-state index is -1.43. The Kier molecular flexibility index (Phi) is 2.29. The van der Waals surface area contributed by atoms with Crippen LogP contribution < -0.4 is 0 Å². The molecule has 10 heavy (non-hydrogen) atoms. The minimum Gasteiger partial charge on any atom is -0.346 e. The third kappa shape index (κ3) is 2.65. The summed E-state index contributed by atoms with van der Waals surface area (Å²) < 4.78 is 17.7. The van der Waals surface area contributed by atoms with Gasteiger partial charge in [0, 0.05) is 0 Å². The topological polar surface area (TPSA) is 9.23 Å². The van der Waals surface area contributed by atoms with E-state index < -0.39 is 5.85 Å². The van der Waals surface area contributed by atoms with E-state index in [2.05, 4.69) is 0 Å². The van der Waals surface area contributed by atoms with Gasteiger partial charge in [-0.1, -0.05) is 6.42 Å². The fourth-order valence-electron chi connectivity index (χ4n) is 0.975. The zero-order valence-electron chi connectivity index (χ0n) is 6.69. The number of halogens is 1. The van der Waals surface area contributed by atoms with Gasteiger partial charge in [-0.3, -0.25) is 0 Å². The van der Waals surface area contributed by atoms with Crippen LogP contribution in [0.1, 0.15) is 33.1 Å². The lowest BCUT2D eigenvalue weighted by molar-refractivity contribution is -0.132. The van der Waals surface area contributed by atoms with E-state index in [-0.39, 0.29) is 0 Å². The predicted molar refractivity (Wildman–Crippen MR) is 38.5 cm³/mol. The normalized spacial score (nSPS) is 20.7. The van der Waals surface area contributed by atoms with Gasteiger partial charge in [0.25, 0.3) is 0 Å². The van der Waals surface area contributed by atoms with Gasteiger partial charge in [-0.05, 0) is 32.6 Å². The molecular formula is C8H15FO. The summed E-state index contributed by atoms with van der Waals surface area (Å²) in [7, 11) is 0. The number of ether oxygens (including phenoxy) is 1. The van der Waals surface area contributed by atoms with Crippen molar-refractivity contribution in [1.82, 2.24) is 0 Å². The zero-order chi connectivity index (χ0) is 7.61. The van der Waals surface area contributed by atoms with Crippen LogP contribution in [-0.4, -0.2) is 12.5 Å². The van der Waals surface area contributed by atoms with E-state index in [1.807, 2.05) is 0 Å². The maximum absolute atomic E-state index is 12.7. The molecule has 0 atom stereocenters. The Morgan fingerprint density at radius 2 is 2.10 bits per heavy atom. The molecule has 60 valence electrons. The SMILES string of the molecule is CC(C)(F)OCC1CCC1. The second-order valence-electron chi connectivity index (χ2n) is 3.47. The summed E-state index contributed by atoms with van der Waals surface area (Å²) >= 11 is 0. The van der Waals surface area contributed by atoms with Crippen LogP contribution in [0.5, 0.6) is 0 Å². The van der Waals surface area contributed by atoms with Crippen LogP contribution in [0, 0.1) is 5.92 Å². The Hall–Kier alpha value is -0.110. The first-order valence-electron chi connectivity index (χ1n) is 3.91. The number of hydrogen-bond donors (Lipinski definition) is 0. The van der Waals surface area contributed by atoms with Crippen molar-refractivity contribution >= 4 is 0 Å². The van der Waals surface area contributed by atoms with Gasteiger partial charge >= 0.3 is 0 Å². The molecule has 1 aliphatic carbocycles. The molecule has 2 heteroatoms. The standard InChI is InChI=1S/C8H15FO/c1-8(2,9)10-6-7-4-3-5-7/h7H,3-6H2,1-2H3. The van der Waals surface area contributed by atoms with Crippen LogP contribution in [0.25, 0.3) is 0 Å². The van der Waals surface area contributed by atoms with Crippen LogP contribution in [0.3, 0.4) is 0 Å². The van der Waals surface area contributed by atoms with Crippen molar-refractivity contribution in [2.45, 2.75) is 39.0 Å². The molecule has 0 bridgehead atoms. The fraction of sp³-hybridized carbons (Fsp3) is 1.00. The van der Waals surface area contributed by atoms with Crippen molar-refractivity contribution < 1.29 is 9.13 Å². The first-order valence-corrected chi connectivity index (χ1v) is 3.91. The first-order chi connectivity index (χ1) is 4.58. The lowest BCUT2D eigenvalue weighted by Crippen LogP contribution is -2.25. The lowest BCUT2D eigenvalue weighted by atomic mass is 9.86. The van der Waals surface area contributed by atoms with Crippen molar-refractivity contribution in [2.75, 3.05) is 6.61 Å². The second-order valence-corrected chi connectivity index (χ2v) is 3.47. The molecule has 0 amide bonds. The third-order valence-corrected chi connectivity index (χ3v) is 1.89. The molecule has 0 aromatic rings. The molecule has 0 spiro atoms. The van der Waals surface area contributed by atoms with Crippen molar-refractivity contribution in [3.05, 3.63) is 0 Å². The summed E-state index contributed by atoms with van der Waals surface area (Å²) in [5, 5.41) is 0. The van der Waals surface area contributed by atoms with Crippen molar-refractivity contribution in [3.63, 3.8) is 0 Å². The predicted octanol–water partition coefficient (Wildman–Crippen LogP) is 2.51. The average Bonchev–Trinajstić information content (AvgIpc) is 1.56. The lowest BCUT2D eigenvalue weighted by Gasteiger charge is -2.27. The molecule has 0 aromatic carbocycles. The van der Waals surface area contributed by atoms with Crippen molar-refractivity contribution in [2.24, 2.45) is 5.92 Å². The average molecular weight is 146 g/mol. The van der Waals surface area contributed by atoms with Gasteiger partial charge in [0.2, 0.25) is 5.85 Å². The highest BCUT2D eigenvalue weighted by Crippen LogP contribution is 2.27.